The van der Waals surface area contributed by atoms with Gasteiger partial charge in [-0.15, -0.1) is 0 Å². The summed E-state index contributed by atoms with van der Waals surface area (Å²) in [4.78, 5) is 12.1. The lowest BCUT2D eigenvalue weighted by molar-refractivity contribution is -0.128. The predicted octanol–water partition coefficient (Wildman–Crippen LogP) is 2.05. The average molecular weight is 226 g/mol. The largest absolute Gasteiger partial charge is 0.353 e. The quantitative estimate of drug-likeness (QED) is 0.771. The van der Waals surface area contributed by atoms with Crippen molar-refractivity contribution in [3.63, 3.8) is 0 Å². The minimum atomic E-state index is 0.128. The first kappa shape index (κ1) is 13.5. The first-order valence-electron chi connectivity index (χ1n) is 6.60. The van der Waals surface area contributed by atoms with Crippen molar-refractivity contribution in [3.8, 4) is 0 Å². The molecule has 0 radical (unpaired) electrons. The van der Waals surface area contributed by atoms with Gasteiger partial charge in [-0.05, 0) is 38.5 Å². The molecule has 1 fully saturated rings. The van der Waals surface area contributed by atoms with Gasteiger partial charge in [-0.2, -0.15) is 0 Å². The van der Waals surface area contributed by atoms with Gasteiger partial charge in [0.05, 0.1) is 0 Å². The molecule has 1 amide bonds. The molecule has 4 atom stereocenters. The van der Waals surface area contributed by atoms with Crippen LogP contribution < -0.4 is 11.1 Å². The van der Waals surface area contributed by atoms with Crippen molar-refractivity contribution >= 4 is 5.91 Å². The number of amides is 1. The van der Waals surface area contributed by atoms with E-state index in [1.54, 1.807) is 0 Å². The third kappa shape index (κ3) is 3.78. The van der Waals surface area contributed by atoms with Crippen LogP contribution in [0.5, 0.6) is 0 Å². The Labute approximate surface area is 99.2 Å². The van der Waals surface area contributed by atoms with Crippen LogP contribution >= 0.6 is 0 Å². The maximum atomic E-state index is 12.1. The van der Waals surface area contributed by atoms with Gasteiger partial charge in [0.15, 0.2) is 0 Å². The Hall–Kier alpha value is -0.570. The summed E-state index contributed by atoms with van der Waals surface area (Å²) in [5, 5.41) is 3.11. The summed E-state index contributed by atoms with van der Waals surface area (Å²) < 4.78 is 0. The molecule has 0 spiro atoms. The topological polar surface area (TPSA) is 55.1 Å². The zero-order valence-corrected chi connectivity index (χ0v) is 10.8. The molecular formula is C13H26N2O. The molecule has 1 saturated carbocycles. The van der Waals surface area contributed by atoms with Crippen LogP contribution in [0.15, 0.2) is 0 Å². The SMILES string of the molecule is CCCC(C)NC(=O)C1CC(N)CCC1C. The lowest BCUT2D eigenvalue weighted by atomic mass is 9.77. The van der Waals surface area contributed by atoms with Crippen LogP contribution in [-0.4, -0.2) is 18.0 Å². The van der Waals surface area contributed by atoms with E-state index in [9.17, 15) is 4.79 Å². The fourth-order valence-corrected chi connectivity index (χ4v) is 2.58. The molecule has 0 aromatic carbocycles. The number of carbonyl (C=O) groups is 1. The monoisotopic (exact) mass is 226 g/mol. The Morgan fingerprint density at radius 1 is 1.50 bits per heavy atom. The van der Waals surface area contributed by atoms with Crippen LogP contribution in [0.25, 0.3) is 0 Å². The van der Waals surface area contributed by atoms with Crippen molar-refractivity contribution < 1.29 is 4.79 Å². The highest BCUT2D eigenvalue weighted by Gasteiger charge is 2.31. The third-order valence-corrected chi connectivity index (χ3v) is 3.68. The smallest absolute Gasteiger partial charge is 0.223 e. The molecule has 16 heavy (non-hydrogen) atoms. The summed E-state index contributed by atoms with van der Waals surface area (Å²) in [5.41, 5.74) is 5.93. The maximum absolute atomic E-state index is 12.1. The van der Waals surface area contributed by atoms with E-state index in [-0.39, 0.29) is 17.9 Å². The van der Waals surface area contributed by atoms with Gasteiger partial charge >= 0.3 is 0 Å². The summed E-state index contributed by atoms with van der Waals surface area (Å²) in [6.07, 6.45) is 5.17. The highest BCUT2D eigenvalue weighted by molar-refractivity contribution is 5.79. The fourth-order valence-electron chi connectivity index (χ4n) is 2.58. The number of hydrogen-bond donors (Lipinski definition) is 2. The van der Waals surface area contributed by atoms with Crippen molar-refractivity contribution in [2.45, 2.75) is 65.0 Å². The normalized spacial score (nSPS) is 32.1. The van der Waals surface area contributed by atoms with Gasteiger partial charge in [-0.3, -0.25) is 4.79 Å². The molecular weight excluding hydrogens is 200 g/mol. The number of carbonyl (C=O) groups excluding carboxylic acids is 1. The van der Waals surface area contributed by atoms with E-state index in [2.05, 4.69) is 26.1 Å². The van der Waals surface area contributed by atoms with Gasteiger partial charge in [-0.1, -0.05) is 20.3 Å². The minimum Gasteiger partial charge on any atom is -0.353 e. The number of hydrogen-bond acceptors (Lipinski definition) is 2. The lowest BCUT2D eigenvalue weighted by Gasteiger charge is -2.32. The van der Waals surface area contributed by atoms with Gasteiger partial charge < -0.3 is 11.1 Å². The molecule has 4 unspecified atom stereocenters. The Morgan fingerprint density at radius 3 is 2.81 bits per heavy atom. The molecule has 3 N–H and O–H groups in total. The van der Waals surface area contributed by atoms with Gasteiger partial charge in [0.25, 0.3) is 0 Å². The highest BCUT2D eigenvalue weighted by atomic mass is 16.1. The van der Waals surface area contributed by atoms with Gasteiger partial charge in [0.1, 0.15) is 0 Å². The minimum absolute atomic E-state index is 0.128. The Balaban J connectivity index is 2.45. The van der Waals surface area contributed by atoms with Crippen molar-refractivity contribution in [3.05, 3.63) is 0 Å². The predicted molar refractivity (Wildman–Crippen MR) is 67.0 cm³/mol. The molecule has 1 rings (SSSR count). The first-order chi connectivity index (χ1) is 7.54. The first-order valence-corrected chi connectivity index (χ1v) is 6.60. The molecule has 3 nitrogen and oxygen atoms in total. The number of rotatable bonds is 4. The second-order valence-electron chi connectivity index (χ2n) is 5.36. The van der Waals surface area contributed by atoms with E-state index in [1.165, 1.54) is 0 Å². The number of nitrogens with one attached hydrogen (secondary N) is 1. The van der Waals surface area contributed by atoms with E-state index in [1.807, 2.05) is 0 Å². The molecule has 0 bridgehead atoms. The van der Waals surface area contributed by atoms with Crippen molar-refractivity contribution in [1.29, 1.82) is 0 Å². The second kappa shape index (κ2) is 6.24. The third-order valence-electron chi connectivity index (χ3n) is 3.68. The maximum Gasteiger partial charge on any atom is 0.223 e. The van der Waals surface area contributed by atoms with E-state index < -0.39 is 0 Å². The Morgan fingerprint density at radius 2 is 2.19 bits per heavy atom. The molecule has 1 aliphatic rings. The van der Waals surface area contributed by atoms with E-state index in [0.717, 1.165) is 32.1 Å². The van der Waals surface area contributed by atoms with E-state index in [0.29, 0.717) is 12.0 Å². The van der Waals surface area contributed by atoms with Crippen LogP contribution in [0.4, 0.5) is 0 Å². The molecule has 0 heterocycles. The number of nitrogens with two attached hydrogens (primary N) is 1. The fraction of sp³-hybridized carbons (Fsp3) is 0.923. The highest BCUT2D eigenvalue weighted by Crippen LogP contribution is 2.29. The van der Waals surface area contributed by atoms with Gasteiger partial charge in [0.2, 0.25) is 5.91 Å². The molecule has 0 aromatic rings. The summed E-state index contributed by atoms with van der Waals surface area (Å²) in [7, 11) is 0. The van der Waals surface area contributed by atoms with Crippen molar-refractivity contribution in [1.82, 2.24) is 5.32 Å². The zero-order valence-electron chi connectivity index (χ0n) is 10.8. The molecule has 3 heteroatoms. The van der Waals surface area contributed by atoms with Crippen LogP contribution in [-0.2, 0) is 4.79 Å². The van der Waals surface area contributed by atoms with Gasteiger partial charge in [0, 0.05) is 18.0 Å². The standard InChI is InChI=1S/C13H26N2O/c1-4-5-10(3)15-13(16)12-8-11(14)7-6-9(12)2/h9-12H,4-8,14H2,1-3H3,(H,15,16). The lowest BCUT2D eigenvalue weighted by Crippen LogP contribution is -2.44. The van der Waals surface area contributed by atoms with E-state index in [4.69, 9.17) is 5.73 Å². The van der Waals surface area contributed by atoms with Crippen LogP contribution in [0, 0.1) is 11.8 Å². The molecule has 1 aliphatic carbocycles. The summed E-state index contributed by atoms with van der Waals surface area (Å²) in [5.74, 6) is 0.820. The van der Waals surface area contributed by atoms with Gasteiger partial charge in [-0.25, -0.2) is 0 Å². The molecule has 0 saturated heterocycles. The Kier molecular flexibility index (Phi) is 5.26. The molecule has 94 valence electrons. The summed E-state index contributed by atoms with van der Waals surface area (Å²) in [6, 6.07) is 0.510. The Bertz CT molecular complexity index is 230. The zero-order chi connectivity index (χ0) is 12.1. The molecule has 0 aromatic heterocycles. The van der Waals surface area contributed by atoms with Crippen LogP contribution in [0.1, 0.15) is 52.9 Å². The van der Waals surface area contributed by atoms with Crippen LogP contribution in [0.2, 0.25) is 0 Å². The van der Waals surface area contributed by atoms with Crippen LogP contribution in [0.3, 0.4) is 0 Å². The van der Waals surface area contributed by atoms with Crippen molar-refractivity contribution in [2.24, 2.45) is 17.6 Å². The molecule has 0 aliphatic heterocycles. The van der Waals surface area contributed by atoms with E-state index >= 15 is 0 Å². The second-order valence-corrected chi connectivity index (χ2v) is 5.36. The summed E-state index contributed by atoms with van der Waals surface area (Å²) in [6.45, 7) is 6.39. The average Bonchev–Trinajstić information content (AvgIpc) is 2.21. The summed E-state index contributed by atoms with van der Waals surface area (Å²) >= 11 is 0. The van der Waals surface area contributed by atoms with Crippen molar-refractivity contribution in [2.75, 3.05) is 0 Å².